The fourth-order valence-corrected chi connectivity index (χ4v) is 3.05. The molecule has 3 nitrogen and oxygen atoms in total. The second-order valence-electron chi connectivity index (χ2n) is 5.85. The van der Waals surface area contributed by atoms with Gasteiger partial charge < -0.3 is 15.2 Å². The summed E-state index contributed by atoms with van der Waals surface area (Å²) >= 11 is 3.53. The lowest BCUT2D eigenvalue weighted by molar-refractivity contribution is 0.135. The first-order chi connectivity index (χ1) is 9.98. The molecule has 0 fully saturated rings. The minimum absolute atomic E-state index is 0.178. The van der Waals surface area contributed by atoms with Crippen LogP contribution < -0.4 is 15.2 Å². The first kappa shape index (κ1) is 14.4. The molecule has 0 amide bonds. The first-order valence-electron chi connectivity index (χ1n) is 6.96. The summed E-state index contributed by atoms with van der Waals surface area (Å²) in [5.41, 5.74) is 7.71. The van der Waals surface area contributed by atoms with E-state index in [1.165, 1.54) is 5.56 Å². The van der Waals surface area contributed by atoms with Crippen LogP contribution in [0.25, 0.3) is 0 Å². The third-order valence-corrected chi connectivity index (χ3v) is 4.13. The Morgan fingerprint density at radius 2 is 2.05 bits per heavy atom. The molecule has 3 rings (SSSR count). The summed E-state index contributed by atoms with van der Waals surface area (Å²) in [6.07, 6.45) is 0.896. The van der Waals surface area contributed by atoms with Crippen LogP contribution in [0, 0.1) is 0 Å². The van der Waals surface area contributed by atoms with E-state index < -0.39 is 0 Å². The molecule has 1 aliphatic rings. The fourth-order valence-electron chi connectivity index (χ4n) is 2.54. The lowest BCUT2D eigenvalue weighted by Gasteiger charge is -2.18. The summed E-state index contributed by atoms with van der Waals surface area (Å²) in [6, 6.07) is 11.9. The molecule has 1 heterocycles. The molecule has 2 N–H and O–H groups in total. The smallest absolute Gasteiger partial charge is 0.169 e. The number of rotatable bonds is 3. The molecule has 0 bridgehead atoms. The van der Waals surface area contributed by atoms with Gasteiger partial charge in [-0.2, -0.15) is 0 Å². The van der Waals surface area contributed by atoms with Crippen molar-refractivity contribution in [3.8, 4) is 17.2 Å². The van der Waals surface area contributed by atoms with E-state index in [-0.39, 0.29) is 5.60 Å². The van der Waals surface area contributed by atoms with E-state index in [1.54, 1.807) is 0 Å². The minimum Gasteiger partial charge on any atom is -0.483 e. The Labute approximate surface area is 133 Å². The standard InChI is InChI=1S/C17H18BrNO2/c1-17(2)9-12-4-3-5-15(16(12)21-17)20-14-7-6-11(10-19)8-13(14)18/h3-8H,9-10,19H2,1-2H3. The normalized spacial score (nSPS) is 15.4. The second kappa shape index (κ2) is 5.35. The highest BCUT2D eigenvalue weighted by molar-refractivity contribution is 9.10. The van der Waals surface area contributed by atoms with Gasteiger partial charge in [-0.25, -0.2) is 0 Å². The van der Waals surface area contributed by atoms with Crippen LogP contribution in [0.1, 0.15) is 25.0 Å². The second-order valence-corrected chi connectivity index (χ2v) is 6.71. The van der Waals surface area contributed by atoms with Crippen molar-refractivity contribution in [1.29, 1.82) is 0 Å². The molecule has 0 atom stereocenters. The van der Waals surface area contributed by atoms with Crippen LogP contribution in [0.4, 0.5) is 0 Å². The van der Waals surface area contributed by atoms with Crippen molar-refractivity contribution in [2.45, 2.75) is 32.4 Å². The lowest BCUT2D eigenvalue weighted by atomic mass is 10.0. The van der Waals surface area contributed by atoms with E-state index in [0.717, 1.165) is 33.7 Å². The Morgan fingerprint density at radius 3 is 2.76 bits per heavy atom. The average molecular weight is 348 g/mol. The summed E-state index contributed by atoms with van der Waals surface area (Å²) in [5, 5.41) is 0. The molecule has 21 heavy (non-hydrogen) atoms. The van der Waals surface area contributed by atoms with Crippen molar-refractivity contribution in [3.05, 3.63) is 52.0 Å². The summed E-state index contributed by atoms with van der Waals surface area (Å²) < 4.78 is 12.9. The van der Waals surface area contributed by atoms with Gasteiger partial charge in [-0.15, -0.1) is 0 Å². The van der Waals surface area contributed by atoms with Crippen LogP contribution in [0.5, 0.6) is 17.2 Å². The van der Waals surface area contributed by atoms with Crippen LogP contribution in [0.2, 0.25) is 0 Å². The van der Waals surface area contributed by atoms with Crippen LogP contribution >= 0.6 is 15.9 Å². The highest BCUT2D eigenvalue weighted by Crippen LogP contribution is 2.44. The van der Waals surface area contributed by atoms with Gasteiger partial charge in [0, 0.05) is 18.5 Å². The Balaban J connectivity index is 1.92. The Kier molecular flexibility index (Phi) is 3.68. The number of hydrogen-bond acceptors (Lipinski definition) is 3. The lowest BCUT2D eigenvalue weighted by Crippen LogP contribution is -2.24. The van der Waals surface area contributed by atoms with Crippen molar-refractivity contribution >= 4 is 15.9 Å². The molecule has 2 aromatic carbocycles. The molecule has 0 spiro atoms. The fraction of sp³-hybridized carbons (Fsp3) is 0.294. The average Bonchev–Trinajstić information content (AvgIpc) is 2.76. The molecule has 1 aliphatic heterocycles. The van der Waals surface area contributed by atoms with Crippen molar-refractivity contribution in [3.63, 3.8) is 0 Å². The van der Waals surface area contributed by atoms with Crippen LogP contribution in [-0.4, -0.2) is 5.60 Å². The number of halogens is 1. The molecule has 0 aromatic heterocycles. The van der Waals surface area contributed by atoms with Gasteiger partial charge in [0.15, 0.2) is 11.5 Å². The van der Waals surface area contributed by atoms with Gasteiger partial charge >= 0.3 is 0 Å². The molecule has 110 valence electrons. The summed E-state index contributed by atoms with van der Waals surface area (Å²) in [7, 11) is 0. The monoisotopic (exact) mass is 347 g/mol. The number of hydrogen-bond donors (Lipinski definition) is 1. The first-order valence-corrected chi connectivity index (χ1v) is 7.75. The van der Waals surface area contributed by atoms with Gasteiger partial charge in [-0.05, 0) is 53.5 Å². The molecule has 0 radical (unpaired) electrons. The molecule has 4 heteroatoms. The van der Waals surface area contributed by atoms with Crippen molar-refractivity contribution < 1.29 is 9.47 Å². The van der Waals surface area contributed by atoms with E-state index in [0.29, 0.717) is 6.54 Å². The zero-order chi connectivity index (χ0) is 15.0. The maximum absolute atomic E-state index is 6.03. The van der Waals surface area contributed by atoms with Crippen LogP contribution in [-0.2, 0) is 13.0 Å². The zero-order valence-electron chi connectivity index (χ0n) is 12.2. The maximum atomic E-state index is 6.03. The molecule has 0 unspecified atom stereocenters. The number of para-hydroxylation sites is 1. The van der Waals surface area contributed by atoms with Crippen LogP contribution in [0.15, 0.2) is 40.9 Å². The van der Waals surface area contributed by atoms with Gasteiger partial charge in [0.25, 0.3) is 0 Å². The van der Waals surface area contributed by atoms with E-state index in [4.69, 9.17) is 15.2 Å². The number of benzene rings is 2. The molecule has 0 saturated heterocycles. The summed E-state index contributed by atoms with van der Waals surface area (Å²) in [4.78, 5) is 0. The maximum Gasteiger partial charge on any atom is 0.169 e. The van der Waals surface area contributed by atoms with Gasteiger partial charge in [0.2, 0.25) is 0 Å². The highest BCUT2D eigenvalue weighted by Gasteiger charge is 2.32. The number of fused-ring (bicyclic) bond motifs is 1. The molecule has 0 saturated carbocycles. The van der Waals surface area contributed by atoms with Crippen LogP contribution in [0.3, 0.4) is 0 Å². The Hall–Kier alpha value is -1.52. The minimum atomic E-state index is -0.178. The number of nitrogens with two attached hydrogens (primary N) is 1. The SMILES string of the molecule is CC1(C)Cc2cccc(Oc3ccc(CN)cc3Br)c2O1. The molecular formula is C17H18BrNO2. The topological polar surface area (TPSA) is 44.5 Å². The van der Waals surface area contributed by atoms with E-state index in [2.05, 4.69) is 35.8 Å². The van der Waals surface area contributed by atoms with Gasteiger partial charge in [-0.1, -0.05) is 18.2 Å². The molecule has 0 aliphatic carbocycles. The molecular weight excluding hydrogens is 330 g/mol. The van der Waals surface area contributed by atoms with E-state index in [1.807, 2.05) is 30.3 Å². The van der Waals surface area contributed by atoms with Gasteiger partial charge in [-0.3, -0.25) is 0 Å². The third kappa shape index (κ3) is 2.92. The largest absolute Gasteiger partial charge is 0.483 e. The Bertz CT molecular complexity index is 682. The summed E-state index contributed by atoms with van der Waals surface area (Å²) in [6.45, 7) is 4.68. The van der Waals surface area contributed by atoms with E-state index >= 15 is 0 Å². The van der Waals surface area contributed by atoms with Crippen molar-refractivity contribution in [2.75, 3.05) is 0 Å². The molecule has 2 aromatic rings. The highest BCUT2D eigenvalue weighted by atomic mass is 79.9. The predicted octanol–water partition coefficient (Wildman–Crippen LogP) is 4.41. The van der Waals surface area contributed by atoms with Crippen molar-refractivity contribution in [1.82, 2.24) is 0 Å². The quantitative estimate of drug-likeness (QED) is 0.893. The van der Waals surface area contributed by atoms with Gasteiger partial charge in [0.05, 0.1) is 4.47 Å². The van der Waals surface area contributed by atoms with E-state index in [9.17, 15) is 0 Å². The van der Waals surface area contributed by atoms with Gasteiger partial charge in [0.1, 0.15) is 11.4 Å². The van der Waals surface area contributed by atoms with Crippen molar-refractivity contribution in [2.24, 2.45) is 5.73 Å². The zero-order valence-corrected chi connectivity index (χ0v) is 13.7. The Morgan fingerprint density at radius 1 is 1.24 bits per heavy atom. The third-order valence-electron chi connectivity index (χ3n) is 3.51. The number of ether oxygens (including phenoxy) is 2. The predicted molar refractivity (Wildman–Crippen MR) is 87.0 cm³/mol. The summed E-state index contributed by atoms with van der Waals surface area (Å²) in [5.74, 6) is 2.35.